The molecular weight excluding hydrogens is 172 g/mol. The first-order valence-corrected chi connectivity index (χ1v) is 4.54. The van der Waals surface area contributed by atoms with E-state index >= 15 is 0 Å². The molecule has 0 aromatic heterocycles. The van der Waals surface area contributed by atoms with E-state index in [0.29, 0.717) is 19.3 Å². The second-order valence-electron chi connectivity index (χ2n) is 3.42. The zero-order chi connectivity index (χ0) is 10.3. The Morgan fingerprint density at radius 3 is 2.15 bits per heavy atom. The van der Waals surface area contributed by atoms with Crippen LogP contribution in [-0.2, 0) is 4.79 Å². The van der Waals surface area contributed by atoms with E-state index < -0.39 is 11.4 Å². The van der Waals surface area contributed by atoms with E-state index in [0.717, 1.165) is 0 Å². The molecule has 78 valence electrons. The first-order chi connectivity index (χ1) is 6.10. The van der Waals surface area contributed by atoms with Crippen LogP contribution in [0.3, 0.4) is 0 Å². The predicted octanol–water partition coefficient (Wildman–Crippen LogP) is 0.622. The van der Waals surface area contributed by atoms with Crippen LogP contribution in [0.15, 0.2) is 0 Å². The number of carboxylic acid groups (broad SMARTS) is 1. The average Bonchev–Trinajstić information content (AvgIpc) is 2.13. The van der Waals surface area contributed by atoms with E-state index in [1.807, 2.05) is 6.92 Å². The van der Waals surface area contributed by atoms with Gasteiger partial charge in [-0.2, -0.15) is 0 Å². The molecule has 0 bridgehead atoms. The molecule has 4 nitrogen and oxygen atoms in total. The summed E-state index contributed by atoms with van der Waals surface area (Å²) in [5.41, 5.74) is -0.491. The van der Waals surface area contributed by atoms with Crippen molar-refractivity contribution >= 4 is 5.97 Å². The van der Waals surface area contributed by atoms with Crippen molar-refractivity contribution in [2.45, 2.75) is 32.6 Å². The van der Waals surface area contributed by atoms with E-state index in [4.69, 9.17) is 15.3 Å². The van der Waals surface area contributed by atoms with Gasteiger partial charge in [0, 0.05) is 11.8 Å². The highest BCUT2D eigenvalue weighted by Gasteiger charge is 2.25. The van der Waals surface area contributed by atoms with Gasteiger partial charge >= 0.3 is 5.97 Å². The fourth-order valence-corrected chi connectivity index (χ4v) is 1.22. The maximum absolute atomic E-state index is 10.2. The Balaban J connectivity index is 3.88. The van der Waals surface area contributed by atoms with Crippen LogP contribution in [0.25, 0.3) is 0 Å². The van der Waals surface area contributed by atoms with Crippen molar-refractivity contribution in [3.05, 3.63) is 0 Å². The predicted molar refractivity (Wildman–Crippen MR) is 48.4 cm³/mol. The number of hydrogen-bond donors (Lipinski definition) is 3. The zero-order valence-electron chi connectivity index (χ0n) is 7.99. The smallest absolute Gasteiger partial charge is 0.303 e. The largest absolute Gasteiger partial charge is 0.481 e. The summed E-state index contributed by atoms with van der Waals surface area (Å²) in [6.45, 7) is 1.71. The van der Waals surface area contributed by atoms with E-state index in [2.05, 4.69) is 0 Å². The first kappa shape index (κ1) is 12.4. The van der Waals surface area contributed by atoms with Gasteiger partial charge in [-0.15, -0.1) is 0 Å². The molecule has 0 aliphatic rings. The van der Waals surface area contributed by atoms with E-state index in [-0.39, 0.29) is 19.6 Å². The summed E-state index contributed by atoms with van der Waals surface area (Å²) >= 11 is 0. The molecule has 0 aromatic rings. The molecule has 0 fully saturated rings. The van der Waals surface area contributed by atoms with Crippen LogP contribution >= 0.6 is 0 Å². The Morgan fingerprint density at radius 2 is 1.85 bits per heavy atom. The summed E-state index contributed by atoms with van der Waals surface area (Å²) in [5.74, 6) is -0.833. The van der Waals surface area contributed by atoms with Gasteiger partial charge in [0.2, 0.25) is 0 Å². The van der Waals surface area contributed by atoms with Crippen LogP contribution < -0.4 is 0 Å². The van der Waals surface area contributed by atoms with Crippen LogP contribution in [0.1, 0.15) is 32.6 Å². The van der Waals surface area contributed by atoms with Crippen LogP contribution in [0, 0.1) is 5.41 Å². The van der Waals surface area contributed by atoms with Gasteiger partial charge in [-0.05, 0) is 19.3 Å². The second kappa shape index (κ2) is 5.94. The summed E-state index contributed by atoms with van der Waals surface area (Å²) in [4.78, 5) is 10.2. The Hall–Kier alpha value is -0.610. The van der Waals surface area contributed by atoms with E-state index in [9.17, 15) is 4.79 Å². The number of carbonyl (C=O) groups is 1. The van der Waals surface area contributed by atoms with Crippen molar-refractivity contribution in [1.82, 2.24) is 0 Å². The topological polar surface area (TPSA) is 77.8 Å². The Kier molecular flexibility index (Phi) is 5.66. The molecule has 0 heterocycles. The van der Waals surface area contributed by atoms with Gasteiger partial charge in [0.25, 0.3) is 0 Å². The fourth-order valence-electron chi connectivity index (χ4n) is 1.22. The van der Waals surface area contributed by atoms with Crippen molar-refractivity contribution in [1.29, 1.82) is 0 Å². The molecule has 0 unspecified atom stereocenters. The third kappa shape index (κ3) is 4.24. The molecule has 0 atom stereocenters. The standard InChI is InChI=1S/C9H18O4/c1-2-9(6-10,7-11)5-3-4-8(12)13/h10-11H,2-7H2,1H3,(H,12,13). The van der Waals surface area contributed by atoms with Gasteiger partial charge in [-0.25, -0.2) is 0 Å². The van der Waals surface area contributed by atoms with Crippen molar-refractivity contribution in [2.75, 3.05) is 13.2 Å². The van der Waals surface area contributed by atoms with Gasteiger partial charge in [0.1, 0.15) is 0 Å². The highest BCUT2D eigenvalue weighted by Crippen LogP contribution is 2.27. The van der Waals surface area contributed by atoms with Gasteiger partial charge in [0.15, 0.2) is 0 Å². The second-order valence-corrected chi connectivity index (χ2v) is 3.42. The molecule has 0 aromatic carbocycles. The van der Waals surface area contributed by atoms with Gasteiger partial charge in [-0.1, -0.05) is 6.92 Å². The molecule has 0 saturated heterocycles. The molecule has 0 spiro atoms. The molecule has 0 rings (SSSR count). The van der Waals surface area contributed by atoms with Gasteiger partial charge < -0.3 is 15.3 Å². The number of aliphatic hydroxyl groups is 2. The summed E-state index contributed by atoms with van der Waals surface area (Å²) in [7, 11) is 0. The molecule has 0 radical (unpaired) electrons. The number of carboxylic acids is 1. The van der Waals surface area contributed by atoms with E-state index in [1.165, 1.54) is 0 Å². The number of aliphatic carboxylic acids is 1. The number of hydrogen-bond acceptors (Lipinski definition) is 3. The lowest BCUT2D eigenvalue weighted by molar-refractivity contribution is -0.137. The van der Waals surface area contributed by atoms with Crippen LogP contribution in [0.5, 0.6) is 0 Å². The van der Waals surface area contributed by atoms with Gasteiger partial charge in [-0.3, -0.25) is 4.79 Å². The maximum Gasteiger partial charge on any atom is 0.303 e. The highest BCUT2D eigenvalue weighted by atomic mass is 16.4. The van der Waals surface area contributed by atoms with Crippen LogP contribution in [0.4, 0.5) is 0 Å². The molecule has 0 amide bonds. The first-order valence-electron chi connectivity index (χ1n) is 4.54. The minimum Gasteiger partial charge on any atom is -0.481 e. The molecule has 4 heteroatoms. The molecule has 3 N–H and O–H groups in total. The zero-order valence-corrected chi connectivity index (χ0v) is 7.99. The molecule has 0 aliphatic carbocycles. The minimum absolute atomic E-state index is 0.0837. The molecule has 13 heavy (non-hydrogen) atoms. The maximum atomic E-state index is 10.2. The minimum atomic E-state index is -0.833. The Labute approximate surface area is 78.2 Å². The summed E-state index contributed by atoms with van der Waals surface area (Å²) in [6.07, 6.45) is 1.83. The lowest BCUT2D eigenvalue weighted by atomic mass is 9.82. The normalized spacial score (nSPS) is 11.6. The average molecular weight is 190 g/mol. The Bertz CT molecular complexity index is 143. The lowest BCUT2D eigenvalue weighted by Gasteiger charge is -2.27. The van der Waals surface area contributed by atoms with Crippen molar-refractivity contribution in [3.63, 3.8) is 0 Å². The lowest BCUT2D eigenvalue weighted by Crippen LogP contribution is -2.29. The van der Waals surface area contributed by atoms with Crippen LogP contribution in [-0.4, -0.2) is 34.5 Å². The highest BCUT2D eigenvalue weighted by molar-refractivity contribution is 5.66. The Morgan fingerprint density at radius 1 is 1.31 bits per heavy atom. The third-order valence-corrected chi connectivity index (χ3v) is 2.52. The van der Waals surface area contributed by atoms with Gasteiger partial charge in [0.05, 0.1) is 13.2 Å². The summed E-state index contributed by atoms with van der Waals surface area (Å²) < 4.78 is 0. The molecular formula is C9H18O4. The molecule has 0 saturated carbocycles. The quantitative estimate of drug-likeness (QED) is 0.550. The van der Waals surface area contributed by atoms with E-state index in [1.54, 1.807) is 0 Å². The third-order valence-electron chi connectivity index (χ3n) is 2.52. The monoisotopic (exact) mass is 190 g/mol. The molecule has 0 aliphatic heterocycles. The number of aliphatic hydroxyl groups excluding tert-OH is 2. The van der Waals surface area contributed by atoms with Crippen molar-refractivity contribution in [3.8, 4) is 0 Å². The SMILES string of the molecule is CCC(CO)(CO)CCCC(=O)O. The summed E-state index contributed by atoms with van der Waals surface area (Å²) in [6, 6.07) is 0. The summed E-state index contributed by atoms with van der Waals surface area (Å²) in [5, 5.41) is 26.5. The number of rotatable bonds is 7. The van der Waals surface area contributed by atoms with Crippen molar-refractivity contribution < 1.29 is 20.1 Å². The van der Waals surface area contributed by atoms with Crippen LogP contribution in [0.2, 0.25) is 0 Å². The van der Waals surface area contributed by atoms with Crippen molar-refractivity contribution in [2.24, 2.45) is 5.41 Å². The fraction of sp³-hybridized carbons (Fsp3) is 0.889.